The summed E-state index contributed by atoms with van der Waals surface area (Å²) in [6, 6.07) is 10.4. The van der Waals surface area contributed by atoms with Gasteiger partial charge in [-0.25, -0.2) is 9.78 Å². The van der Waals surface area contributed by atoms with Crippen LogP contribution in [0.15, 0.2) is 51.8 Å². The SMILES string of the molecule is CCOCc1cc(OC(CC)c2sc(-c3ccc(C(F)(F)F)cc3)nc2C)ccc1-c1noc(=O)[nH]1. The van der Waals surface area contributed by atoms with Gasteiger partial charge < -0.3 is 9.47 Å². The molecule has 0 radical (unpaired) electrons. The lowest BCUT2D eigenvalue weighted by molar-refractivity contribution is -0.137. The number of halogens is 3. The van der Waals surface area contributed by atoms with Gasteiger partial charge in [0.05, 0.1) is 22.7 Å². The van der Waals surface area contributed by atoms with Gasteiger partial charge in [-0.05, 0) is 56.2 Å². The van der Waals surface area contributed by atoms with E-state index in [1.807, 2.05) is 26.8 Å². The molecule has 0 aliphatic carbocycles. The van der Waals surface area contributed by atoms with Crippen LogP contribution in [0.1, 0.15) is 48.1 Å². The maximum absolute atomic E-state index is 12.9. The van der Waals surface area contributed by atoms with Crippen LogP contribution in [0.3, 0.4) is 0 Å². The maximum Gasteiger partial charge on any atom is 0.439 e. The van der Waals surface area contributed by atoms with Gasteiger partial charge in [-0.15, -0.1) is 11.3 Å². The molecule has 0 saturated carbocycles. The largest absolute Gasteiger partial charge is 0.485 e. The fourth-order valence-corrected chi connectivity index (χ4v) is 4.85. The van der Waals surface area contributed by atoms with Crippen LogP contribution in [0.5, 0.6) is 5.75 Å². The van der Waals surface area contributed by atoms with E-state index in [1.165, 1.54) is 23.5 Å². The molecule has 0 fully saturated rings. The van der Waals surface area contributed by atoms with Gasteiger partial charge in [0.25, 0.3) is 0 Å². The topological polar surface area (TPSA) is 90.2 Å². The van der Waals surface area contributed by atoms with E-state index in [9.17, 15) is 18.0 Å². The van der Waals surface area contributed by atoms with Crippen LogP contribution >= 0.6 is 11.3 Å². The highest BCUT2D eigenvalue weighted by Crippen LogP contribution is 2.37. The second kappa shape index (κ2) is 10.7. The highest BCUT2D eigenvalue weighted by atomic mass is 32.1. The molecule has 1 N–H and O–H groups in total. The van der Waals surface area contributed by atoms with E-state index in [0.717, 1.165) is 28.3 Å². The van der Waals surface area contributed by atoms with Crippen molar-refractivity contribution in [2.45, 2.75) is 46.1 Å². The molecule has 0 amide bonds. The summed E-state index contributed by atoms with van der Waals surface area (Å²) in [7, 11) is 0. The average Bonchev–Trinajstić information content (AvgIpc) is 3.46. The molecule has 2 heterocycles. The van der Waals surface area contributed by atoms with Crippen molar-refractivity contribution in [3.8, 4) is 27.7 Å². The smallest absolute Gasteiger partial charge is 0.439 e. The molecule has 1 atom stereocenters. The van der Waals surface area contributed by atoms with Gasteiger partial charge in [0.2, 0.25) is 0 Å². The molecule has 4 rings (SSSR count). The van der Waals surface area contributed by atoms with E-state index >= 15 is 0 Å². The Labute approximate surface area is 208 Å². The first-order valence-electron chi connectivity index (χ1n) is 11.3. The van der Waals surface area contributed by atoms with Crippen molar-refractivity contribution in [1.82, 2.24) is 15.1 Å². The van der Waals surface area contributed by atoms with E-state index in [0.29, 0.717) is 40.7 Å². The number of alkyl halides is 3. The standard InChI is InChI=1S/C25H24F3N3O4S/c1-4-20(21-14(3)29-23(36-21)15-6-8-17(9-7-15)25(26,27)28)34-18-10-11-19(16(12-18)13-33-5-2)22-30-24(32)35-31-22/h6-12,20H,4-5,13H2,1-3H3,(H,30,31,32). The number of nitrogens with one attached hydrogen (secondary N) is 1. The number of aromatic amines is 1. The van der Waals surface area contributed by atoms with E-state index in [2.05, 4.69) is 19.6 Å². The van der Waals surface area contributed by atoms with Crippen LogP contribution in [-0.2, 0) is 17.5 Å². The minimum atomic E-state index is -4.39. The normalized spacial score (nSPS) is 12.6. The molecule has 11 heteroatoms. The molecular formula is C25H24F3N3O4S. The van der Waals surface area contributed by atoms with E-state index in [4.69, 9.17) is 9.47 Å². The van der Waals surface area contributed by atoms with Crippen LogP contribution in [-0.4, -0.2) is 21.7 Å². The number of aromatic nitrogens is 3. The van der Waals surface area contributed by atoms with Crippen LogP contribution in [0, 0.1) is 6.92 Å². The number of hydrogen-bond acceptors (Lipinski definition) is 7. The van der Waals surface area contributed by atoms with Crippen LogP contribution in [0.2, 0.25) is 0 Å². The average molecular weight is 520 g/mol. The quantitative estimate of drug-likeness (QED) is 0.270. The third-order valence-corrected chi connectivity index (χ3v) is 6.77. The van der Waals surface area contributed by atoms with E-state index in [1.54, 1.807) is 12.1 Å². The molecule has 2 aromatic carbocycles. The summed E-state index contributed by atoms with van der Waals surface area (Å²) < 4.78 is 55.2. The number of thiazole rings is 1. The molecule has 0 aliphatic rings. The number of benzene rings is 2. The summed E-state index contributed by atoms with van der Waals surface area (Å²) in [5.74, 6) is 0.242. The number of rotatable bonds is 9. The molecule has 4 aromatic rings. The monoisotopic (exact) mass is 519 g/mol. The first kappa shape index (κ1) is 25.6. The molecule has 0 bridgehead atoms. The second-order valence-electron chi connectivity index (χ2n) is 7.96. The summed E-state index contributed by atoms with van der Waals surface area (Å²) >= 11 is 1.39. The molecule has 190 valence electrons. The zero-order valence-corrected chi connectivity index (χ0v) is 20.6. The molecule has 7 nitrogen and oxygen atoms in total. The Balaban J connectivity index is 1.59. The van der Waals surface area contributed by atoms with Gasteiger partial charge in [0, 0.05) is 17.7 Å². The molecule has 1 unspecified atom stereocenters. The van der Waals surface area contributed by atoms with Crippen molar-refractivity contribution >= 4 is 11.3 Å². The molecule has 2 aromatic heterocycles. The molecule has 36 heavy (non-hydrogen) atoms. The lowest BCUT2D eigenvalue weighted by atomic mass is 10.1. The fourth-order valence-electron chi connectivity index (χ4n) is 3.67. The third-order valence-electron chi connectivity index (χ3n) is 5.47. The first-order chi connectivity index (χ1) is 17.2. The maximum atomic E-state index is 12.9. The molecule has 0 aliphatic heterocycles. The van der Waals surface area contributed by atoms with Gasteiger partial charge >= 0.3 is 11.9 Å². The Morgan fingerprint density at radius 3 is 2.50 bits per heavy atom. The van der Waals surface area contributed by atoms with Crippen molar-refractivity contribution in [3.63, 3.8) is 0 Å². The van der Waals surface area contributed by atoms with Crippen molar-refractivity contribution < 1.29 is 27.2 Å². The Hall–Kier alpha value is -3.44. The van der Waals surface area contributed by atoms with Gasteiger partial charge in [0.1, 0.15) is 16.9 Å². The minimum absolute atomic E-state index is 0.284. The summed E-state index contributed by atoms with van der Waals surface area (Å²) in [5, 5.41) is 4.39. The Morgan fingerprint density at radius 2 is 1.89 bits per heavy atom. The van der Waals surface area contributed by atoms with Crippen molar-refractivity contribution in [2.24, 2.45) is 0 Å². The van der Waals surface area contributed by atoms with Crippen LogP contribution in [0.25, 0.3) is 22.0 Å². The fraction of sp³-hybridized carbons (Fsp3) is 0.320. The minimum Gasteiger partial charge on any atom is -0.485 e. The Kier molecular flexibility index (Phi) is 7.60. The number of aryl methyl sites for hydroxylation is 1. The van der Waals surface area contributed by atoms with Crippen molar-refractivity contribution in [3.05, 3.63) is 74.7 Å². The predicted octanol–water partition coefficient (Wildman–Crippen LogP) is 6.55. The van der Waals surface area contributed by atoms with E-state index < -0.39 is 17.5 Å². The summed E-state index contributed by atoms with van der Waals surface area (Å²) in [6.45, 7) is 6.51. The number of hydrogen-bond donors (Lipinski definition) is 1. The molecular weight excluding hydrogens is 495 g/mol. The van der Waals surface area contributed by atoms with Crippen LogP contribution in [0.4, 0.5) is 13.2 Å². The number of nitrogens with zero attached hydrogens (tertiary/aromatic N) is 2. The molecule has 0 spiro atoms. The Morgan fingerprint density at radius 1 is 1.14 bits per heavy atom. The second-order valence-corrected chi connectivity index (χ2v) is 8.99. The highest BCUT2D eigenvalue weighted by molar-refractivity contribution is 7.15. The van der Waals surface area contributed by atoms with Gasteiger partial charge in [0.15, 0.2) is 5.82 Å². The van der Waals surface area contributed by atoms with Crippen molar-refractivity contribution in [2.75, 3.05) is 6.61 Å². The summed E-state index contributed by atoms with van der Waals surface area (Å²) in [5.41, 5.74) is 2.10. The van der Waals surface area contributed by atoms with Crippen molar-refractivity contribution in [1.29, 1.82) is 0 Å². The Bertz CT molecular complexity index is 1380. The van der Waals surface area contributed by atoms with Crippen LogP contribution < -0.4 is 10.5 Å². The van der Waals surface area contributed by atoms with Gasteiger partial charge in [-0.1, -0.05) is 24.2 Å². The predicted molar refractivity (Wildman–Crippen MR) is 129 cm³/mol. The number of H-pyrrole nitrogens is 1. The third kappa shape index (κ3) is 5.68. The van der Waals surface area contributed by atoms with Gasteiger partial charge in [-0.2, -0.15) is 13.2 Å². The highest BCUT2D eigenvalue weighted by Gasteiger charge is 2.30. The summed E-state index contributed by atoms with van der Waals surface area (Å²) in [4.78, 5) is 19.4. The lowest BCUT2D eigenvalue weighted by Gasteiger charge is -2.18. The lowest BCUT2D eigenvalue weighted by Crippen LogP contribution is -2.07. The zero-order chi connectivity index (χ0) is 25.9. The number of ether oxygens (including phenoxy) is 2. The molecule has 0 saturated heterocycles. The zero-order valence-electron chi connectivity index (χ0n) is 19.8. The van der Waals surface area contributed by atoms with E-state index in [-0.39, 0.29) is 12.7 Å². The van der Waals surface area contributed by atoms with Gasteiger partial charge in [-0.3, -0.25) is 9.51 Å². The summed E-state index contributed by atoms with van der Waals surface area (Å²) in [6.07, 6.45) is -4.05. The first-order valence-corrected chi connectivity index (χ1v) is 12.1.